The molecule has 0 fully saturated rings. The second kappa shape index (κ2) is 5.82. The lowest BCUT2D eigenvalue weighted by molar-refractivity contribution is 0.658. The van der Waals surface area contributed by atoms with Crippen molar-refractivity contribution >= 4 is 11.8 Å². The number of rotatable bonds is 3. The van der Waals surface area contributed by atoms with Gasteiger partial charge >= 0.3 is 0 Å². The normalized spacial score (nSPS) is 17.2. The van der Waals surface area contributed by atoms with E-state index in [1.54, 1.807) is 6.20 Å². The summed E-state index contributed by atoms with van der Waals surface area (Å²) in [6.07, 6.45) is 9.98. The van der Waals surface area contributed by atoms with Crippen LogP contribution in [-0.2, 0) is 6.54 Å². The summed E-state index contributed by atoms with van der Waals surface area (Å²) >= 11 is 0. The van der Waals surface area contributed by atoms with E-state index in [1.165, 1.54) is 5.57 Å². The Hall–Kier alpha value is -2.23. The third-order valence-corrected chi connectivity index (χ3v) is 3.42. The molecule has 0 saturated carbocycles. The van der Waals surface area contributed by atoms with Gasteiger partial charge in [0.2, 0.25) is 0 Å². The van der Waals surface area contributed by atoms with Crippen molar-refractivity contribution in [1.29, 1.82) is 0 Å². The number of hydrogen-bond acceptors (Lipinski definition) is 3. The summed E-state index contributed by atoms with van der Waals surface area (Å²) < 4.78 is 1.94. The Morgan fingerprint density at radius 2 is 2.30 bits per heavy atom. The Labute approximate surface area is 118 Å². The molecule has 0 unspecified atom stereocenters. The average molecular weight is 266 g/mol. The van der Waals surface area contributed by atoms with Crippen LogP contribution in [0.2, 0.25) is 0 Å². The largest absolute Gasteiger partial charge is 0.284 e. The number of aryl methyl sites for hydroxylation is 1. The third-order valence-electron chi connectivity index (χ3n) is 3.42. The van der Waals surface area contributed by atoms with Gasteiger partial charge in [0.25, 0.3) is 0 Å². The highest BCUT2D eigenvalue weighted by molar-refractivity contribution is 6.15. The van der Waals surface area contributed by atoms with Gasteiger partial charge in [0, 0.05) is 37.2 Å². The van der Waals surface area contributed by atoms with Gasteiger partial charge in [-0.25, -0.2) is 0 Å². The molecule has 0 bridgehead atoms. The first-order chi connectivity index (χ1) is 9.86. The number of pyridine rings is 1. The minimum absolute atomic E-state index is 0.894. The Kier molecular flexibility index (Phi) is 3.72. The molecule has 2 aromatic rings. The minimum Gasteiger partial charge on any atom is -0.284 e. The van der Waals surface area contributed by atoms with E-state index in [0.29, 0.717) is 0 Å². The summed E-state index contributed by atoms with van der Waals surface area (Å²) in [5.74, 6) is 0. The Balaban J connectivity index is 1.94. The monoisotopic (exact) mass is 266 g/mol. The zero-order valence-corrected chi connectivity index (χ0v) is 11.7. The molecule has 20 heavy (non-hydrogen) atoms. The van der Waals surface area contributed by atoms with Crippen LogP contribution in [0.15, 0.2) is 47.4 Å². The summed E-state index contributed by atoms with van der Waals surface area (Å²) in [6, 6.07) is 6.07. The lowest BCUT2D eigenvalue weighted by Gasteiger charge is -2.15. The number of hydrogen-bond donors (Lipinski definition) is 0. The molecule has 0 saturated heterocycles. The van der Waals surface area contributed by atoms with Crippen LogP contribution in [0, 0.1) is 0 Å². The van der Waals surface area contributed by atoms with Crippen molar-refractivity contribution in [3.8, 4) is 0 Å². The topological polar surface area (TPSA) is 43.1 Å². The van der Waals surface area contributed by atoms with Crippen molar-refractivity contribution in [3.63, 3.8) is 0 Å². The summed E-state index contributed by atoms with van der Waals surface area (Å²) in [7, 11) is 0. The number of nitrogens with zero attached hydrogens (tertiary/aromatic N) is 4. The van der Waals surface area contributed by atoms with Crippen molar-refractivity contribution in [2.75, 3.05) is 6.54 Å². The van der Waals surface area contributed by atoms with E-state index in [-0.39, 0.29) is 0 Å². The minimum atomic E-state index is 0.894. The lowest BCUT2D eigenvalue weighted by Crippen LogP contribution is -2.12. The molecule has 102 valence electrons. The molecule has 1 aliphatic heterocycles. The zero-order chi connectivity index (χ0) is 13.8. The van der Waals surface area contributed by atoms with Crippen molar-refractivity contribution in [2.24, 2.45) is 4.99 Å². The first-order valence-corrected chi connectivity index (χ1v) is 7.06. The van der Waals surface area contributed by atoms with Gasteiger partial charge in [-0.15, -0.1) is 0 Å². The molecule has 4 nitrogen and oxygen atoms in total. The van der Waals surface area contributed by atoms with Crippen molar-refractivity contribution in [1.82, 2.24) is 14.8 Å². The molecular weight excluding hydrogens is 248 g/mol. The van der Waals surface area contributed by atoms with E-state index in [2.05, 4.69) is 34.1 Å². The Morgan fingerprint density at radius 1 is 1.35 bits per heavy atom. The van der Waals surface area contributed by atoms with Gasteiger partial charge in [-0.2, -0.15) is 5.10 Å². The molecule has 1 aliphatic rings. The maximum absolute atomic E-state index is 4.68. The van der Waals surface area contributed by atoms with E-state index < -0.39 is 0 Å². The number of aliphatic imine (C=N–C) groups is 1. The second-order valence-corrected chi connectivity index (χ2v) is 4.84. The van der Waals surface area contributed by atoms with Gasteiger partial charge in [0.15, 0.2) is 0 Å². The second-order valence-electron chi connectivity index (χ2n) is 4.84. The standard InChI is InChI=1S/C16H18N4/c1-2-20-10-7-15(19-20)11-13-5-4-9-18-16(13)14-6-3-8-17-12-14/h3,6-8,10-12H,2,4-5,9H2,1H3. The summed E-state index contributed by atoms with van der Waals surface area (Å²) in [4.78, 5) is 8.87. The fourth-order valence-electron chi connectivity index (χ4n) is 2.41. The Morgan fingerprint density at radius 3 is 3.05 bits per heavy atom. The fourth-order valence-corrected chi connectivity index (χ4v) is 2.41. The van der Waals surface area contributed by atoms with Crippen LogP contribution in [0.5, 0.6) is 0 Å². The van der Waals surface area contributed by atoms with Crippen molar-refractivity contribution in [2.45, 2.75) is 26.3 Å². The maximum atomic E-state index is 4.68. The first-order valence-electron chi connectivity index (χ1n) is 7.06. The van der Waals surface area contributed by atoms with Crippen LogP contribution in [-0.4, -0.2) is 27.0 Å². The molecule has 3 heterocycles. The van der Waals surface area contributed by atoms with Crippen LogP contribution in [0.3, 0.4) is 0 Å². The maximum Gasteiger partial charge on any atom is 0.0854 e. The lowest BCUT2D eigenvalue weighted by atomic mass is 9.96. The van der Waals surface area contributed by atoms with Gasteiger partial charge < -0.3 is 0 Å². The number of allylic oxidation sites excluding steroid dienone is 1. The summed E-state index contributed by atoms with van der Waals surface area (Å²) in [5, 5.41) is 4.52. The zero-order valence-electron chi connectivity index (χ0n) is 11.7. The first kappa shape index (κ1) is 12.8. The predicted octanol–water partition coefficient (Wildman–Crippen LogP) is 2.96. The molecule has 0 aromatic carbocycles. The van der Waals surface area contributed by atoms with Crippen LogP contribution in [0.1, 0.15) is 31.0 Å². The summed E-state index contributed by atoms with van der Waals surface area (Å²) in [5.41, 5.74) is 4.41. The van der Waals surface area contributed by atoms with Crippen molar-refractivity contribution in [3.05, 3.63) is 53.6 Å². The number of aromatic nitrogens is 3. The Bertz CT molecular complexity index is 638. The molecule has 0 amide bonds. The highest BCUT2D eigenvalue weighted by atomic mass is 15.3. The fraction of sp³-hybridized carbons (Fsp3) is 0.312. The molecule has 0 atom stereocenters. The highest BCUT2D eigenvalue weighted by Crippen LogP contribution is 2.21. The van der Waals surface area contributed by atoms with E-state index in [9.17, 15) is 0 Å². The van der Waals surface area contributed by atoms with Crippen LogP contribution in [0.4, 0.5) is 0 Å². The molecule has 0 spiro atoms. The van der Waals surface area contributed by atoms with Gasteiger partial charge in [0.1, 0.15) is 0 Å². The van der Waals surface area contributed by atoms with Crippen LogP contribution in [0.25, 0.3) is 6.08 Å². The third kappa shape index (κ3) is 2.69. The van der Waals surface area contributed by atoms with Crippen LogP contribution < -0.4 is 0 Å². The van der Waals surface area contributed by atoms with Crippen LogP contribution >= 0.6 is 0 Å². The van der Waals surface area contributed by atoms with Gasteiger partial charge in [-0.1, -0.05) is 0 Å². The molecule has 0 aliphatic carbocycles. The quantitative estimate of drug-likeness (QED) is 0.857. The predicted molar refractivity (Wildman–Crippen MR) is 80.8 cm³/mol. The molecule has 0 radical (unpaired) electrons. The van der Waals surface area contributed by atoms with E-state index >= 15 is 0 Å². The smallest absolute Gasteiger partial charge is 0.0854 e. The van der Waals surface area contributed by atoms with Gasteiger partial charge in [0.05, 0.1) is 11.4 Å². The van der Waals surface area contributed by atoms with E-state index in [0.717, 1.165) is 42.9 Å². The van der Waals surface area contributed by atoms with Gasteiger partial charge in [-0.05, 0) is 49.6 Å². The molecular formula is C16H18N4. The molecule has 0 N–H and O–H groups in total. The highest BCUT2D eigenvalue weighted by Gasteiger charge is 2.14. The molecule has 3 rings (SSSR count). The SMILES string of the molecule is CCn1ccc(C=C2CCCN=C2c2cccnc2)n1. The van der Waals surface area contributed by atoms with E-state index in [4.69, 9.17) is 0 Å². The molecule has 2 aromatic heterocycles. The van der Waals surface area contributed by atoms with Crippen molar-refractivity contribution < 1.29 is 0 Å². The van der Waals surface area contributed by atoms with E-state index in [1.807, 2.05) is 29.2 Å². The summed E-state index contributed by atoms with van der Waals surface area (Å²) in [6.45, 7) is 3.88. The average Bonchev–Trinajstić information content (AvgIpc) is 2.96. The molecule has 4 heteroatoms. The van der Waals surface area contributed by atoms with Gasteiger partial charge in [-0.3, -0.25) is 14.7 Å².